The summed E-state index contributed by atoms with van der Waals surface area (Å²) in [6.07, 6.45) is 1.83. The van der Waals surface area contributed by atoms with E-state index >= 15 is 0 Å². The van der Waals surface area contributed by atoms with Gasteiger partial charge in [0.2, 0.25) is 0 Å². The first-order valence-corrected chi connectivity index (χ1v) is 11.2. The molecule has 2 N–H and O–H groups in total. The molecule has 0 radical (unpaired) electrons. The summed E-state index contributed by atoms with van der Waals surface area (Å²) in [5.41, 5.74) is 9.20. The van der Waals surface area contributed by atoms with Gasteiger partial charge in [-0.3, -0.25) is 9.69 Å². The highest BCUT2D eigenvalue weighted by Gasteiger charge is 2.49. The molecular weight excluding hydrogens is 430 g/mol. The molecule has 3 aromatic carbocycles. The summed E-state index contributed by atoms with van der Waals surface area (Å²) in [5, 5.41) is 0. The van der Waals surface area contributed by atoms with E-state index in [-0.39, 0.29) is 11.9 Å². The smallest absolute Gasteiger partial charge is 0.266 e. The Morgan fingerprint density at radius 1 is 1.03 bits per heavy atom. The summed E-state index contributed by atoms with van der Waals surface area (Å²) in [7, 11) is 4.91. The molecule has 0 aliphatic carbocycles. The molecule has 3 aromatic rings. The average Bonchev–Trinajstić information content (AvgIpc) is 3.12. The van der Waals surface area contributed by atoms with Crippen molar-refractivity contribution < 1.29 is 19.0 Å². The van der Waals surface area contributed by atoms with E-state index in [0.29, 0.717) is 18.1 Å². The third kappa shape index (κ3) is 3.36. The van der Waals surface area contributed by atoms with Crippen LogP contribution in [-0.4, -0.2) is 44.6 Å². The average molecular weight is 458 g/mol. The molecule has 0 spiro atoms. The minimum Gasteiger partial charge on any atom is -0.497 e. The minimum absolute atomic E-state index is 0.184. The predicted molar refractivity (Wildman–Crippen MR) is 130 cm³/mol. The zero-order valence-corrected chi connectivity index (χ0v) is 19.5. The van der Waals surface area contributed by atoms with Crippen LogP contribution >= 0.6 is 0 Å². The van der Waals surface area contributed by atoms with Crippen molar-refractivity contribution in [1.29, 1.82) is 0 Å². The third-order valence-corrected chi connectivity index (χ3v) is 6.56. The summed E-state index contributed by atoms with van der Waals surface area (Å²) in [6.45, 7) is 0.703. The van der Waals surface area contributed by atoms with Crippen LogP contribution in [0.15, 0.2) is 65.7 Å². The molecule has 34 heavy (non-hydrogen) atoms. The lowest BCUT2D eigenvalue weighted by molar-refractivity contribution is -0.129. The van der Waals surface area contributed by atoms with E-state index in [4.69, 9.17) is 24.9 Å². The van der Waals surface area contributed by atoms with Crippen molar-refractivity contribution in [3.8, 4) is 28.4 Å². The molecule has 0 saturated heterocycles. The first-order valence-electron chi connectivity index (χ1n) is 11.2. The van der Waals surface area contributed by atoms with Gasteiger partial charge in [0.05, 0.1) is 20.8 Å². The number of nitrogens with two attached hydrogens (primary N) is 1. The Balaban J connectivity index is 1.71. The zero-order chi connectivity index (χ0) is 23.9. The molecule has 1 atom stereocenters. The van der Waals surface area contributed by atoms with Crippen molar-refractivity contribution in [3.05, 3.63) is 77.4 Å². The van der Waals surface area contributed by atoms with E-state index in [9.17, 15) is 4.79 Å². The zero-order valence-electron chi connectivity index (χ0n) is 19.5. The van der Waals surface area contributed by atoms with Crippen LogP contribution in [0.4, 0.5) is 0 Å². The number of nitrogens with zero attached hydrogens (tertiary/aromatic N) is 2. The Kier molecular flexibility index (Phi) is 5.40. The Labute approximate surface area is 198 Å². The number of methoxy groups -OCH3 is 2. The van der Waals surface area contributed by atoms with Gasteiger partial charge in [-0.15, -0.1) is 0 Å². The number of carbonyl (C=O) groups is 1. The summed E-state index contributed by atoms with van der Waals surface area (Å²) in [6, 6.07) is 19.3. The number of likely N-dealkylation sites (N-methyl/N-ethyl adjacent to an activating group) is 1. The quantitative estimate of drug-likeness (QED) is 0.631. The van der Waals surface area contributed by atoms with Crippen LogP contribution in [0.5, 0.6) is 17.2 Å². The van der Waals surface area contributed by atoms with Gasteiger partial charge < -0.3 is 19.9 Å². The summed E-state index contributed by atoms with van der Waals surface area (Å²) >= 11 is 0. The van der Waals surface area contributed by atoms with Crippen molar-refractivity contribution >= 4 is 11.9 Å². The van der Waals surface area contributed by atoms with Crippen LogP contribution < -0.4 is 19.9 Å². The molecule has 0 fully saturated rings. The van der Waals surface area contributed by atoms with Gasteiger partial charge in [0.15, 0.2) is 11.5 Å². The Bertz CT molecular complexity index is 1300. The first-order chi connectivity index (χ1) is 16.5. The second-order valence-electron chi connectivity index (χ2n) is 8.47. The fourth-order valence-corrected chi connectivity index (χ4v) is 4.72. The maximum atomic E-state index is 13.7. The van der Waals surface area contributed by atoms with E-state index < -0.39 is 5.54 Å². The number of fused-ring (bicyclic) bond motifs is 1. The number of amides is 1. The summed E-state index contributed by atoms with van der Waals surface area (Å²) in [5.74, 6) is 2.26. The lowest BCUT2D eigenvalue weighted by atomic mass is 9.80. The van der Waals surface area contributed by atoms with Crippen molar-refractivity contribution in [2.45, 2.75) is 18.4 Å². The molecule has 7 nitrogen and oxygen atoms in total. The van der Waals surface area contributed by atoms with Gasteiger partial charge >= 0.3 is 0 Å². The van der Waals surface area contributed by atoms with Crippen LogP contribution in [0.3, 0.4) is 0 Å². The SMILES string of the molecule is COc1ccc(OC)c(-c2cccc(C3(c4ccc5c(c4)CCCO5)N=C(N)N(C)C3=O)c2)c1. The van der Waals surface area contributed by atoms with Gasteiger partial charge in [-0.2, -0.15) is 0 Å². The van der Waals surface area contributed by atoms with E-state index in [2.05, 4.69) is 0 Å². The standard InChI is InChI=1S/C27H27N3O4/c1-30-25(31)27(29-26(30)28,20-9-11-23-18(15-20)7-5-13-34-23)19-8-4-6-17(14-19)22-16-21(32-2)10-12-24(22)33-3/h4,6,8-12,14-16H,5,7,13H2,1-3H3,(H2,28,29). The fraction of sp³-hybridized carbons (Fsp3) is 0.259. The van der Waals surface area contributed by atoms with E-state index in [1.807, 2.05) is 60.7 Å². The van der Waals surface area contributed by atoms with Crippen LogP contribution in [0, 0.1) is 0 Å². The van der Waals surface area contributed by atoms with Crippen molar-refractivity contribution in [1.82, 2.24) is 4.90 Å². The van der Waals surface area contributed by atoms with Crippen LogP contribution in [0.2, 0.25) is 0 Å². The largest absolute Gasteiger partial charge is 0.497 e. The molecule has 0 saturated carbocycles. The minimum atomic E-state index is -1.28. The molecular formula is C27H27N3O4. The normalized spacial score (nSPS) is 19.3. The number of benzene rings is 3. The van der Waals surface area contributed by atoms with Crippen LogP contribution in [0.25, 0.3) is 11.1 Å². The highest BCUT2D eigenvalue weighted by molar-refractivity contribution is 6.09. The number of carbonyl (C=O) groups excluding carboxylic acids is 1. The van der Waals surface area contributed by atoms with Gasteiger partial charge in [-0.1, -0.05) is 24.3 Å². The topological polar surface area (TPSA) is 86.4 Å². The maximum absolute atomic E-state index is 13.7. The molecule has 2 aliphatic heterocycles. The van der Waals surface area contributed by atoms with Gasteiger partial charge in [-0.05, 0) is 71.5 Å². The number of guanidine groups is 1. The highest BCUT2D eigenvalue weighted by atomic mass is 16.5. The molecule has 0 aromatic heterocycles. The number of ether oxygens (including phenoxy) is 3. The van der Waals surface area contributed by atoms with Crippen LogP contribution in [0.1, 0.15) is 23.1 Å². The number of aryl methyl sites for hydroxylation is 1. The van der Waals surface area contributed by atoms with Gasteiger partial charge in [-0.25, -0.2) is 4.99 Å². The molecule has 2 heterocycles. The van der Waals surface area contributed by atoms with Crippen molar-refractivity contribution in [3.63, 3.8) is 0 Å². The highest BCUT2D eigenvalue weighted by Crippen LogP contribution is 2.43. The van der Waals surface area contributed by atoms with E-state index in [1.54, 1.807) is 21.3 Å². The molecule has 5 rings (SSSR count). The van der Waals surface area contributed by atoms with Crippen LogP contribution in [-0.2, 0) is 16.8 Å². The Hall–Kier alpha value is -4.00. The molecule has 0 bridgehead atoms. The third-order valence-electron chi connectivity index (χ3n) is 6.56. The summed E-state index contributed by atoms with van der Waals surface area (Å²) in [4.78, 5) is 19.9. The maximum Gasteiger partial charge on any atom is 0.266 e. The van der Waals surface area contributed by atoms with Crippen molar-refractivity contribution in [2.24, 2.45) is 10.7 Å². The molecule has 2 aliphatic rings. The number of hydrogen-bond acceptors (Lipinski definition) is 6. The molecule has 1 unspecified atom stereocenters. The second kappa shape index (κ2) is 8.41. The fourth-order valence-electron chi connectivity index (χ4n) is 4.72. The van der Waals surface area contributed by atoms with Gasteiger partial charge in [0, 0.05) is 12.6 Å². The van der Waals surface area contributed by atoms with Gasteiger partial charge in [0.1, 0.15) is 17.2 Å². The molecule has 174 valence electrons. The lowest BCUT2D eigenvalue weighted by Crippen LogP contribution is -2.41. The first kappa shape index (κ1) is 21.8. The number of aliphatic imine (C=N–C) groups is 1. The number of rotatable bonds is 5. The monoisotopic (exact) mass is 457 g/mol. The van der Waals surface area contributed by atoms with E-state index in [0.717, 1.165) is 46.4 Å². The van der Waals surface area contributed by atoms with Gasteiger partial charge in [0.25, 0.3) is 5.91 Å². The van der Waals surface area contributed by atoms with E-state index in [1.165, 1.54) is 4.90 Å². The van der Waals surface area contributed by atoms with Crippen molar-refractivity contribution in [2.75, 3.05) is 27.9 Å². The predicted octanol–water partition coefficient (Wildman–Crippen LogP) is 3.73. The molecule has 1 amide bonds. The summed E-state index contributed by atoms with van der Waals surface area (Å²) < 4.78 is 16.8. The number of hydrogen-bond donors (Lipinski definition) is 1. The molecule has 7 heteroatoms. The Morgan fingerprint density at radius 3 is 2.59 bits per heavy atom. The lowest BCUT2D eigenvalue weighted by Gasteiger charge is -2.28. The Morgan fingerprint density at radius 2 is 1.85 bits per heavy atom. The second-order valence-corrected chi connectivity index (χ2v) is 8.47.